The second-order valence-corrected chi connectivity index (χ2v) is 4.68. The van der Waals surface area contributed by atoms with Gasteiger partial charge in [0.1, 0.15) is 5.75 Å². The molecule has 0 saturated heterocycles. The van der Waals surface area contributed by atoms with Crippen LogP contribution in [0, 0.1) is 0 Å². The Morgan fingerprint density at radius 1 is 1.12 bits per heavy atom. The van der Waals surface area contributed by atoms with E-state index in [-0.39, 0.29) is 0 Å². The number of methoxy groups -OCH3 is 1. The number of nitrogens with zero attached hydrogens (tertiary/aromatic N) is 1. The van der Waals surface area contributed by atoms with E-state index in [9.17, 15) is 0 Å². The average Bonchev–Trinajstić information content (AvgIpc) is 2.38. The number of hydrogen-bond acceptors (Lipinski definition) is 2. The van der Waals surface area contributed by atoms with Crippen molar-refractivity contribution in [3.05, 3.63) is 42.0 Å². The van der Waals surface area contributed by atoms with Gasteiger partial charge in [0.2, 0.25) is 0 Å². The summed E-state index contributed by atoms with van der Waals surface area (Å²) in [5.41, 5.74) is 2.21. The van der Waals surface area contributed by atoms with Crippen LogP contribution in [0.15, 0.2) is 36.4 Å². The smallest absolute Gasteiger partial charge is 0.119 e. The van der Waals surface area contributed by atoms with Crippen LogP contribution in [0.1, 0.15) is 5.56 Å². The van der Waals surface area contributed by atoms with Crippen LogP contribution in [0.3, 0.4) is 0 Å². The minimum atomic E-state index is 0.883. The molecule has 0 aliphatic carbocycles. The Balaban J connectivity index is 2.31. The summed E-state index contributed by atoms with van der Waals surface area (Å²) in [5, 5.41) is 2.47. The van der Waals surface area contributed by atoms with Crippen LogP contribution in [0.2, 0.25) is 0 Å². The van der Waals surface area contributed by atoms with Gasteiger partial charge in [0.05, 0.1) is 12.6 Å². The molecule has 0 radical (unpaired) electrons. The van der Waals surface area contributed by atoms with Gasteiger partial charge in [-0.2, -0.15) is 0 Å². The van der Waals surface area contributed by atoms with Crippen molar-refractivity contribution in [1.82, 2.24) is 4.90 Å². The van der Waals surface area contributed by atoms with E-state index in [4.69, 9.17) is 4.74 Å². The van der Waals surface area contributed by atoms with E-state index in [1.165, 1.54) is 16.3 Å². The summed E-state index contributed by atoms with van der Waals surface area (Å²) in [6.07, 6.45) is 0. The highest BCUT2D eigenvalue weighted by atomic mass is 79.9. The first-order valence-corrected chi connectivity index (χ1v) is 6.66. The first kappa shape index (κ1) is 12.4. The largest absolute Gasteiger partial charge is 0.497 e. The lowest BCUT2D eigenvalue weighted by molar-refractivity contribution is 0.390. The molecule has 2 nitrogen and oxygen atoms in total. The molecule has 0 aliphatic rings. The summed E-state index contributed by atoms with van der Waals surface area (Å²) >= 11 is 3.45. The summed E-state index contributed by atoms with van der Waals surface area (Å²) in [6, 6.07) is 12.7. The molecule has 0 atom stereocenters. The Bertz CT molecular complexity index is 513. The van der Waals surface area contributed by atoms with E-state index in [1.54, 1.807) is 7.11 Å². The molecule has 0 aliphatic heterocycles. The summed E-state index contributed by atoms with van der Waals surface area (Å²) < 4.78 is 5.22. The van der Waals surface area contributed by atoms with E-state index in [1.807, 2.05) is 6.07 Å². The van der Waals surface area contributed by atoms with Crippen LogP contribution < -0.4 is 4.74 Å². The SMILES string of the molecule is COc1ccc2cc(CN(C)CBr)ccc2c1. The second-order valence-electron chi connectivity index (χ2n) is 4.18. The molecular weight excluding hydrogens is 278 g/mol. The minimum absolute atomic E-state index is 0.883. The highest BCUT2D eigenvalue weighted by Gasteiger charge is 2.01. The monoisotopic (exact) mass is 293 g/mol. The lowest BCUT2D eigenvalue weighted by atomic mass is 10.1. The van der Waals surface area contributed by atoms with Gasteiger partial charge in [0.25, 0.3) is 0 Å². The van der Waals surface area contributed by atoms with Gasteiger partial charge in [-0.1, -0.05) is 34.1 Å². The molecule has 0 fully saturated rings. The van der Waals surface area contributed by atoms with E-state index in [0.29, 0.717) is 0 Å². The standard InChI is InChI=1S/C14H16BrNO/c1-16(10-15)9-11-3-4-13-8-14(17-2)6-5-12(13)7-11/h3-8H,9-10H2,1-2H3. The van der Waals surface area contributed by atoms with Crippen LogP contribution in [0.5, 0.6) is 5.75 Å². The van der Waals surface area contributed by atoms with Crippen molar-refractivity contribution in [2.45, 2.75) is 6.54 Å². The van der Waals surface area contributed by atoms with Crippen LogP contribution >= 0.6 is 15.9 Å². The van der Waals surface area contributed by atoms with Crippen LogP contribution in [-0.2, 0) is 6.54 Å². The number of hydrogen-bond donors (Lipinski definition) is 0. The van der Waals surface area contributed by atoms with Crippen molar-refractivity contribution in [1.29, 1.82) is 0 Å². The zero-order valence-corrected chi connectivity index (χ0v) is 11.7. The van der Waals surface area contributed by atoms with Crippen molar-refractivity contribution in [3.8, 4) is 5.75 Å². The Kier molecular flexibility index (Phi) is 4.02. The zero-order chi connectivity index (χ0) is 12.3. The first-order valence-electron chi connectivity index (χ1n) is 5.54. The molecule has 0 spiro atoms. The van der Waals surface area contributed by atoms with Gasteiger partial charge < -0.3 is 4.74 Å². The molecule has 3 heteroatoms. The molecule has 90 valence electrons. The summed E-state index contributed by atoms with van der Waals surface area (Å²) in [5.74, 6) is 0.905. The van der Waals surface area contributed by atoms with Gasteiger partial charge in [-0.3, -0.25) is 4.90 Å². The Labute approximate surface area is 110 Å². The maximum atomic E-state index is 5.22. The number of halogens is 1. The van der Waals surface area contributed by atoms with Gasteiger partial charge in [0.15, 0.2) is 0 Å². The van der Waals surface area contributed by atoms with Crippen LogP contribution in [-0.4, -0.2) is 24.5 Å². The number of alkyl halides is 1. The number of fused-ring (bicyclic) bond motifs is 1. The van der Waals surface area contributed by atoms with E-state index in [2.05, 4.69) is 58.2 Å². The summed E-state index contributed by atoms with van der Waals surface area (Å²) in [6.45, 7) is 0.952. The van der Waals surface area contributed by atoms with E-state index < -0.39 is 0 Å². The van der Waals surface area contributed by atoms with Crippen LogP contribution in [0.4, 0.5) is 0 Å². The summed E-state index contributed by atoms with van der Waals surface area (Å²) in [4.78, 5) is 2.21. The second kappa shape index (κ2) is 5.52. The molecule has 0 amide bonds. The summed E-state index contributed by atoms with van der Waals surface area (Å²) in [7, 11) is 3.79. The molecule has 0 bridgehead atoms. The molecule has 2 aromatic rings. The Hall–Kier alpha value is -1.06. The quantitative estimate of drug-likeness (QED) is 0.630. The van der Waals surface area contributed by atoms with Crippen LogP contribution in [0.25, 0.3) is 10.8 Å². The van der Waals surface area contributed by atoms with Gasteiger partial charge in [0, 0.05) is 6.54 Å². The lowest BCUT2D eigenvalue weighted by Gasteiger charge is -2.13. The Morgan fingerprint density at radius 2 is 1.82 bits per heavy atom. The molecule has 2 rings (SSSR count). The third-order valence-corrected chi connectivity index (χ3v) is 3.62. The third kappa shape index (κ3) is 2.99. The fraction of sp³-hybridized carbons (Fsp3) is 0.286. The number of benzene rings is 2. The molecule has 0 heterocycles. The number of rotatable bonds is 4. The Morgan fingerprint density at radius 3 is 2.53 bits per heavy atom. The average molecular weight is 294 g/mol. The third-order valence-electron chi connectivity index (χ3n) is 2.77. The highest BCUT2D eigenvalue weighted by Crippen LogP contribution is 2.22. The molecule has 17 heavy (non-hydrogen) atoms. The van der Waals surface area contributed by atoms with Gasteiger partial charge >= 0.3 is 0 Å². The van der Waals surface area contributed by atoms with Gasteiger partial charge in [-0.25, -0.2) is 0 Å². The molecule has 0 aromatic heterocycles. The zero-order valence-electron chi connectivity index (χ0n) is 10.1. The first-order chi connectivity index (χ1) is 8.22. The maximum Gasteiger partial charge on any atom is 0.119 e. The molecule has 0 unspecified atom stereocenters. The molecular formula is C14H16BrNO. The fourth-order valence-electron chi connectivity index (χ4n) is 1.85. The topological polar surface area (TPSA) is 12.5 Å². The van der Waals surface area contributed by atoms with Crippen molar-refractivity contribution >= 4 is 26.7 Å². The van der Waals surface area contributed by atoms with Gasteiger partial charge in [-0.15, -0.1) is 0 Å². The predicted octanol–water partition coefficient (Wildman–Crippen LogP) is 3.63. The molecule has 0 saturated carbocycles. The van der Waals surface area contributed by atoms with Crippen molar-refractivity contribution in [2.24, 2.45) is 0 Å². The lowest BCUT2D eigenvalue weighted by Crippen LogP contribution is -2.14. The number of ether oxygens (including phenoxy) is 1. The molecule has 0 N–H and O–H groups in total. The van der Waals surface area contributed by atoms with Crippen molar-refractivity contribution in [2.75, 3.05) is 19.6 Å². The van der Waals surface area contributed by atoms with Gasteiger partial charge in [-0.05, 0) is 41.6 Å². The maximum absolute atomic E-state index is 5.22. The fourth-order valence-corrected chi connectivity index (χ4v) is 2.03. The molecule has 2 aromatic carbocycles. The normalized spacial score (nSPS) is 11.1. The van der Waals surface area contributed by atoms with Crippen molar-refractivity contribution in [3.63, 3.8) is 0 Å². The van der Waals surface area contributed by atoms with E-state index >= 15 is 0 Å². The van der Waals surface area contributed by atoms with Crippen molar-refractivity contribution < 1.29 is 4.74 Å². The highest BCUT2D eigenvalue weighted by molar-refractivity contribution is 9.09. The minimum Gasteiger partial charge on any atom is -0.497 e. The predicted molar refractivity (Wildman–Crippen MR) is 75.8 cm³/mol. The van der Waals surface area contributed by atoms with E-state index in [0.717, 1.165) is 17.7 Å².